The Morgan fingerprint density at radius 2 is 1.85 bits per heavy atom. The topological polar surface area (TPSA) is 35.6 Å². The quantitative estimate of drug-likeness (QED) is 0.881. The Morgan fingerprint density at radius 3 is 2.50 bits per heavy atom. The van der Waals surface area contributed by atoms with Crippen LogP contribution in [0, 0.1) is 19.7 Å². The van der Waals surface area contributed by atoms with Crippen LogP contribution in [0.15, 0.2) is 36.4 Å². The highest BCUT2D eigenvalue weighted by Gasteiger charge is 2.21. The van der Waals surface area contributed by atoms with Gasteiger partial charge in [0, 0.05) is 26.2 Å². The van der Waals surface area contributed by atoms with E-state index in [1.165, 1.54) is 6.07 Å². The molecule has 2 aromatic carbocycles. The number of benzene rings is 2. The van der Waals surface area contributed by atoms with Gasteiger partial charge in [-0.2, -0.15) is 0 Å². The van der Waals surface area contributed by atoms with Crippen molar-refractivity contribution in [3.63, 3.8) is 0 Å². The van der Waals surface area contributed by atoms with Crippen molar-refractivity contribution in [2.24, 2.45) is 0 Å². The average Bonchev–Trinajstić information content (AvgIpc) is 2.59. The second kappa shape index (κ2) is 8.06. The molecule has 1 heterocycles. The molecule has 1 fully saturated rings. The lowest BCUT2D eigenvalue weighted by atomic mass is 10.1. The van der Waals surface area contributed by atoms with Crippen molar-refractivity contribution < 1.29 is 9.18 Å². The van der Waals surface area contributed by atoms with Gasteiger partial charge < -0.3 is 10.2 Å². The fourth-order valence-electron chi connectivity index (χ4n) is 3.31. The lowest BCUT2D eigenvalue weighted by molar-refractivity contribution is -0.117. The van der Waals surface area contributed by atoms with Gasteiger partial charge in [0.15, 0.2) is 0 Å². The maximum atomic E-state index is 13.9. The standard InChI is InChI=1S/C20H23ClFN3O/c1-14-11-15(2)20(16(21)12-14)23-19(26)13-24-7-9-25(10-8-24)18-6-4-3-5-17(18)22/h3-6,11-12H,7-10,13H2,1-2H3,(H,23,26). The van der Waals surface area contributed by atoms with Crippen molar-refractivity contribution in [3.8, 4) is 0 Å². The van der Waals surface area contributed by atoms with Crippen molar-refractivity contribution in [3.05, 3.63) is 58.4 Å². The van der Waals surface area contributed by atoms with Gasteiger partial charge >= 0.3 is 0 Å². The summed E-state index contributed by atoms with van der Waals surface area (Å²) in [6.45, 7) is 7.01. The molecule has 3 rings (SSSR count). The molecule has 0 aromatic heterocycles. The number of rotatable bonds is 4. The van der Waals surface area contributed by atoms with Crippen LogP contribution in [-0.2, 0) is 4.79 Å². The molecule has 4 nitrogen and oxygen atoms in total. The first-order chi connectivity index (χ1) is 12.4. The minimum atomic E-state index is -0.205. The second-order valence-corrected chi connectivity index (χ2v) is 7.11. The predicted molar refractivity (Wildman–Crippen MR) is 105 cm³/mol. The molecule has 26 heavy (non-hydrogen) atoms. The van der Waals surface area contributed by atoms with Crippen molar-refractivity contribution >= 4 is 28.9 Å². The van der Waals surface area contributed by atoms with E-state index in [0.717, 1.165) is 11.1 Å². The molecule has 2 aromatic rings. The maximum Gasteiger partial charge on any atom is 0.238 e. The van der Waals surface area contributed by atoms with Gasteiger partial charge in [-0.1, -0.05) is 29.8 Å². The number of hydrogen-bond donors (Lipinski definition) is 1. The largest absolute Gasteiger partial charge is 0.367 e. The molecule has 0 atom stereocenters. The average molecular weight is 376 g/mol. The van der Waals surface area contributed by atoms with Crippen molar-refractivity contribution in [1.29, 1.82) is 0 Å². The highest BCUT2D eigenvalue weighted by Crippen LogP contribution is 2.27. The highest BCUT2D eigenvalue weighted by molar-refractivity contribution is 6.34. The van der Waals surface area contributed by atoms with Crippen LogP contribution in [-0.4, -0.2) is 43.5 Å². The molecule has 138 valence electrons. The number of carbonyl (C=O) groups is 1. The van der Waals surface area contributed by atoms with Crippen molar-refractivity contribution in [2.75, 3.05) is 42.9 Å². The first kappa shape index (κ1) is 18.7. The van der Waals surface area contributed by atoms with Gasteiger partial charge in [0.05, 0.1) is 22.9 Å². The Labute approximate surface area is 158 Å². The van der Waals surface area contributed by atoms with E-state index in [4.69, 9.17) is 11.6 Å². The lowest BCUT2D eigenvalue weighted by Crippen LogP contribution is -2.49. The van der Waals surface area contributed by atoms with E-state index < -0.39 is 0 Å². The molecule has 1 aliphatic heterocycles. The highest BCUT2D eigenvalue weighted by atomic mass is 35.5. The Balaban J connectivity index is 1.55. The van der Waals surface area contributed by atoms with E-state index >= 15 is 0 Å². The van der Waals surface area contributed by atoms with Gasteiger partial charge in [-0.15, -0.1) is 0 Å². The van der Waals surface area contributed by atoms with Gasteiger partial charge in [-0.25, -0.2) is 4.39 Å². The van der Waals surface area contributed by atoms with Gasteiger partial charge in [-0.05, 0) is 43.2 Å². The number of piperazine rings is 1. The van der Waals surface area contributed by atoms with Crippen LogP contribution in [0.3, 0.4) is 0 Å². The Hall–Kier alpha value is -2.11. The van der Waals surface area contributed by atoms with Crippen molar-refractivity contribution in [1.82, 2.24) is 4.90 Å². The first-order valence-corrected chi connectivity index (χ1v) is 9.10. The number of nitrogens with zero attached hydrogens (tertiary/aromatic N) is 2. The monoisotopic (exact) mass is 375 g/mol. The van der Waals surface area contributed by atoms with Crippen LogP contribution in [0.1, 0.15) is 11.1 Å². The zero-order valence-electron chi connectivity index (χ0n) is 15.1. The van der Waals surface area contributed by atoms with Gasteiger partial charge in [0.25, 0.3) is 0 Å². The van der Waals surface area contributed by atoms with Crippen LogP contribution in [0.4, 0.5) is 15.8 Å². The molecule has 0 radical (unpaired) electrons. The van der Waals surface area contributed by atoms with Gasteiger partial charge in [0.2, 0.25) is 5.91 Å². The van der Waals surface area contributed by atoms with Crippen LogP contribution in [0.5, 0.6) is 0 Å². The van der Waals surface area contributed by atoms with Gasteiger partial charge in [0.1, 0.15) is 5.82 Å². The summed E-state index contributed by atoms with van der Waals surface area (Å²) in [5.41, 5.74) is 3.31. The zero-order chi connectivity index (χ0) is 18.7. The lowest BCUT2D eigenvalue weighted by Gasteiger charge is -2.35. The molecule has 1 amide bonds. The summed E-state index contributed by atoms with van der Waals surface area (Å²) in [4.78, 5) is 16.5. The molecule has 0 aliphatic carbocycles. The number of hydrogen-bond acceptors (Lipinski definition) is 3. The summed E-state index contributed by atoms with van der Waals surface area (Å²) in [6, 6.07) is 10.6. The molecule has 0 unspecified atom stereocenters. The third-order valence-corrected chi connectivity index (χ3v) is 4.93. The summed E-state index contributed by atoms with van der Waals surface area (Å²) in [6.07, 6.45) is 0. The number of amides is 1. The van der Waals surface area contributed by atoms with Crippen LogP contribution >= 0.6 is 11.6 Å². The molecule has 6 heteroatoms. The Bertz CT molecular complexity index is 780. The molecule has 1 aliphatic rings. The van der Waals surface area contributed by atoms with E-state index in [2.05, 4.69) is 10.2 Å². The summed E-state index contributed by atoms with van der Waals surface area (Å²) >= 11 is 6.25. The molecule has 1 N–H and O–H groups in total. The summed E-state index contributed by atoms with van der Waals surface area (Å²) in [5.74, 6) is -0.290. The van der Waals surface area contributed by atoms with E-state index in [1.54, 1.807) is 12.1 Å². The zero-order valence-corrected chi connectivity index (χ0v) is 15.8. The number of nitrogens with one attached hydrogen (secondary N) is 1. The van der Waals surface area contributed by atoms with Crippen LogP contribution in [0.2, 0.25) is 5.02 Å². The second-order valence-electron chi connectivity index (χ2n) is 6.70. The maximum absolute atomic E-state index is 13.9. The molecule has 0 bridgehead atoms. The summed E-state index contributed by atoms with van der Waals surface area (Å²) in [5, 5.41) is 3.47. The minimum Gasteiger partial charge on any atom is -0.367 e. The number of halogens is 2. The first-order valence-electron chi connectivity index (χ1n) is 8.72. The van der Waals surface area contributed by atoms with Gasteiger partial charge in [-0.3, -0.25) is 9.69 Å². The Morgan fingerprint density at radius 1 is 1.15 bits per heavy atom. The fraction of sp³-hybridized carbons (Fsp3) is 0.350. The van der Waals surface area contributed by atoms with E-state index in [1.807, 2.05) is 36.9 Å². The molecular weight excluding hydrogens is 353 g/mol. The Kier molecular flexibility index (Phi) is 5.79. The molecule has 1 saturated heterocycles. The number of anilines is 2. The summed E-state index contributed by atoms with van der Waals surface area (Å²) in [7, 11) is 0. The molecule has 0 saturated carbocycles. The fourth-order valence-corrected chi connectivity index (χ4v) is 3.68. The number of para-hydroxylation sites is 1. The van der Waals surface area contributed by atoms with E-state index in [9.17, 15) is 9.18 Å². The number of aryl methyl sites for hydroxylation is 2. The van der Waals surface area contributed by atoms with Crippen LogP contribution in [0.25, 0.3) is 0 Å². The third kappa shape index (κ3) is 4.34. The smallest absolute Gasteiger partial charge is 0.238 e. The van der Waals surface area contributed by atoms with E-state index in [-0.39, 0.29) is 11.7 Å². The SMILES string of the molecule is Cc1cc(C)c(NC(=O)CN2CCN(c3ccccc3F)CC2)c(Cl)c1. The summed E-state index contributed by atoms with van der Waals surface area (Å²) < 4.78 is 13.9. The van der Waals surface area contributed by atoms with Crippen molar-refractivity contribution in [2.45, 2.75) is 13.8 Å². The number of carbonyl (C=O) groups excluding carboxylic acids is 1. The normalized spacial score (nSPS) is 15.2. The molecular formula is C20H23ClFN3O. The molecule has 0 spiro atoms. The van der Waals surface area contributed by atoms with E-state index in [0.29, 0.717) is 49.1 Å². The minimum absolute atomic E-state index is 0.0850. The predicted octanol–water partition coefficient (Wildman–Crippen LogP) is 3.86. The third-order valence-electron chi connectivity index (χ3n) is 4.63. The van der Waals surface area contributed by atoms with Crippen LogP contribution < -0.4 is 10.2 Å².